The monoisotopic (exact) mass is 603 g/mol. The van der Waals surface area contributed by atoms with Crippen molar-refractivity contribution in [3.05, 3.63) is 36.7 Å². The molecule has 4 rings (SSSR count). The number of hydrogen-bond acceptors (Lipinski definition) is 12. The molecule has 1 unspecified atom stereocenters. The average Bonchev–Trinajstić information content (AvgIpc) is 3.36. The predicted octanol–water partition coefficient (Wildman–Crippen LogP) is 2.40. The van der Waals surface area contributed by atoms with Crippen molar-refractivity contribution in [3.8, 4) is 5.75 Å². The number of nitrogens with one attached hydrogen (secondary N) is 1. The molecule has 17 heteroatoms. The zero-order chi connectivity index (χ0) is 28.5. The number of imidazole rings is 1. The Balaban J connectivity index is 1.55. The number of aromatic nitrogens is 4. The number of alkyl halides is 2. The minimum atomic E-state index is -3.49. The molecule has 1 aromatic carbocycles. The number of para-hydroxylation sites is 1. The predicted molar refractivity (Wildman–Crippen MR) is 145 cm³/mol. The number of rotatable bonds is 10. The zero-order valence-corrected chi connectivity index (χ0v) is 23.6. The van der Waals surface area contributed by atoms with Gasteiger partial charge < -0.3 is 35.1 Å². The molecule has 0 aliphatic carbocycles. The van der Waals surface area contributed by atoms with Crippen molar-refractivity contribution >= 4 is 58.9 Å². The molecule has 1 fully saturated rings. The van der Waals surface area contributed by atoms with Gasteiger partial charge in [0.05, 0.1) is 19.0 Å². The van der Waals surface area contributed by atoms with Crippen molar-refractivity contribution < 1.29 is 32.8 Å². The van der Waals surface area contributed by atoms with E-state index < -0.39 is 48.8 Å². The number of carbonyl (C=O) groups excluding carboxylic acids is 1. The molecule has 6 atom stereocenters. The van der Waals surface area contributed by atoms with Crippen LogP contribution in [0.2, 0.25) is 0 Å². The number of carbonyl (C=O) groups is 1. The van der Waals surface area contributed by atoms with E-state index in [1.54, 1.807) is 44.2 Å². The second-order valence-electron chi connectivity index (χ2n) is 8.97. The van der Waals surface area contributed by atoms with Crippen LogP contribution in [-0.2, 0) is 30.6 Å². The summed E-state index contributed by atoms with van der Waals surface area (Å²) < 4.78 is 39.6. The van der Waals surface area contributed by atoms with Gasteiger partial charge >= 0.3 is 12.6 Å². The summed E-state index contributed by atoms with van der Waals surface area (Å²) in [7, 11) is 0. The summed E-state index contributed by atoms with van der Waals surface area (Å²) in [5.74, 6) is -0.411. The van der Waals surface area contributed by atoms with Gasteiger partial charge in [-0.25, -0.2) is 14.5 Å². The summed E-state index contributed by atoms with van der Waals surface area (Å²) >= 11 is 11.8. The molecule has 0 amide bonds. The van der Waals surface area contributed by atoms with Gasteiger partial charge in [-0.2, -0.15) is 9.97 Å². The van der Waals surface area contributed by atoms with Crippen molar-refractivity contribution in [1.82, 2.24) is 24.6 Å². The molecule has 2 aromatic heterocycles. The molecule has 1 aliphatic heterocycles. The van der Waals surface area contributed by atoms with Crippen molar-refractivity contribution in [3.63, 3.8) is 0 Å². The maximum absolute atomic E-state index is 15.7. The summed E-state index contributed by atoms with van der Waals surface area (Å²) in [5.41, 5.74) is 11.7. The molecule has 1 saturated heterocycles. The van der Waals surface area contributed by atoms with Gasteiger partial charge in [-0.3, -0.25) is 9.36 Å². The number of nitrogens with zero attached hydrogens (tertiary/aromatic N) is 4. The Labute approximate surface area is 233 Å². The van der Waals surface area contributed by atoms with Crippen LogP contribution in [0.15, 0.2) is 36.7 Å². The van der Waals surface area contributed by atoms with Gasteiger partial charge in [0.25, 0.3) is 5.13 Å². The molecule has 39 heavy (non-hydrogen) atoms. The van der Waals surface area contributed by atoms with Crippen LogP contribution in [0, 0.1) is 0 Å². The number of nitrogen functional groups attached to an aromatic ring is 2. The smallest absolute Gasteiger partial charge is 0.323 e. The van der Waals surface area contributed by atoms with Crippen molar-refractivity contribution in [2.24, 2.45) is 0 Å². The number of ether oxygens (including phenoxy) is 2. The first kappa shape index (κ1) is 29.3. The second kappa shape index (κ2) is 11.5. The number of aliphatic hydroxyl groups is 1. The van der Waals surface area contributed by atoms with E-state index in [-0.39, 0.29) is 29.0 Å². The molecule has 13 nitrogen and oxygen atoms in total. The van der Waals surface area contributed by atoms with Gasteiger partial charge in [-0.05, 0) is 44.7 Å². The summed E-state index contributed by atoms with van der Waals surface area (Å²) in [4.78, 5) is 24.4. The van der Waals surface area contributed by atoms with Gasteiger partial charge in [0, 0.05) is 0 Å². The topological polar surface area (TPSA) is 182 Å². The zero-order valence-electron chi connectivity index (χ0n) is 21.1. The summed E-state index contributed by atoms with van der Waals surface area (Å²) in [6.45, 7) is 1.01. The Morgan fingerprint density at radius 3 is 2.69 bits per heavy atom. The average molecular weight is 604 g/mol. The van der Waals surface area contributed by atoms with Gasteiger partial charge in [0.1, 0.15) is 29.5 Å². The third kappa shape index (κ3) is 6.40. The van der Waals surface area contributed by atoms with Crippen LogP contribution >= 0.6 is 18.2 Å². The van der Waals surface area contributed by atoms with E-state index in [2.05, 4.69) is 20.0 Å². The van der Waals surface area contributed by atoms with Gasteiger partial charge in [0.15, 0.2) is 17.7 Å². The lowest BCUT2D eigenvalue weighted by molar-refractivity contribution is -0.149. The number of benzene rings is 1. The fraction of sp³-hybridized carbons (Fsp3) is 0.455. The summed E-state index contributed by atoms with van der Waals surface area (Å²) in [5, 5.41) is 10.8. The minimum Gasteiger partial charge on any atom is -0.462 e. The van der Waals surface area contributed by atoms with Crippen LogP contribution in [0.3, 0.4) is 0 Å². The molecule has 212 valence electrons. The van der Waals surface area contributed by atoms with Crippen molar-refractivity contribution in [1.29, 1.82) is 0 Å². The van der Waals surface area contributed by atoms with Crippen LogP contribution in [0.25, 0.3) is 11.2 Å². The molecule has 3 heterocycles. The largest absolute Gasteiger partial charge is 0.462 e. The third-order valence-electron chi connectivity index (χ3n) is 5.53. The van der Waals surface area contributed by atoms with Crippen LogP contribution in [0.1, 0.15) is 27.0 Å². The molecule has 0 bridgehead atoms. The van der Waals surface area contributed by atoms with E-state index in [9.17, 15) is 9.90 Å². The molecular weight excluding hydrogens is 576 g/mol. The fourth-order valence-corrected chi connectivity index (χ4v) is 6.45. The SMILES string of the molecule is CC(C)OC(=O)[C@@H](C)NP(=S)(OC[C@H]1O[C@@H](n2cnc3c(N)nc(N)nc32)[C@@](F)(Cl)[C@@H]1O)Oc1ccccc1. The van der Waals surface area contributed by atoms with E-state index in [4.69, 9.17) is 53.4 Å². The number of hydrogen-bond donors (Lipinski definition) is 4. The molecule has 6 N–H and O–H groups in total. The Kier molecular flexibility index (Phi) is 8.61. The number of anilines is 2. The number of esters is 1. The Morgan fingerprint density at radius 1 is 1.33 bits per heavy atom. The van der Waals surface area contributed by atoms with Gasteiger partial charge in [0.2, 0.25) is 5.95 Å². The highest BCUT2D eigenvalue weighted by Crippen LogP contribution is 2.49. The van der Waals surface area contributed by atoms with E-state index >= 15 is 4.39 Å². The highest BCUT2D eigenvalue weighted by Gasteiger charge is 2.58. The lowest BCUT2D eigenvalue weighted by atomic mass is 10.1. The lowest BCUT2D eigenvalue weighted by Crippen LogP contribution is -2.40. The normalized spacial score (nSPS) is 25.5. The Morgan fingerprint density at radius 2 is 2.03 bits per heavy atom. The summed E-state index contributed by atoms with van der Waals surface area (Å²) in [6.07, 6.45) is -3.94. The van der Waals surface area contributed by atoms with Crippen LogP contribution in [-0.4, -0.2) is 66.7 Å². The fourth-order valence-electron chi connectivity index (χ4n) is 3.74. The Hall–Kier alpha value is -2.65. The molecular formula is C22H28ClFN7O6PS. The highest BCUT2D eigenvalue weighted by molar-refractivity contribution is 8.09. The van der Waals surface area contributed by atoms with Crippen LogP contribution < -0.4 is 21.1 Å². The molecule has 0 saturated carbocycles. The highest BCUT2D eigenvalue weighted by atomic mass is 35.5. The van der Waals surface area contributed by atoms with E-state index in [0.29, 0.717) is 5.75 Å². The second-order valence-corrected chi connectivity index (χ2v) is 12.7. The Bertz CT molecular complexity index is 1380. The molecule has 0 radical (unpaired) electrons. The number of aliphatic hydroxyl groups excluding tert-OH is 1. The minimum absolute atomic E-state index is 0.0244. The van der Waals surface area contributed by atoms with Crippen molar-refractivity contribution in [2.75, 3.05) is 18.1 Å². The van der Waals surface area contributed by atoms with Crippen LogP contribution in [0.5, 0.6) is 5.75 Å². The number of halogens is 2. The molecule has 0 spiro atoms. The van der Waals surface area contributed by atoms with E-state index in [1.807, 2.05) is 0 Å². The number of fused-ring (bicyclic) bond motifs is 1. The van der Waals surface area contributed by atoms with E-state index in [0.717, 1.165) is 4.57 Å². The van der Waals surface area contributed by atoms with Crippen LogP contribution in [0.4, 0.5) is 16.2 Å². The number of nitrogens with two attached hydrogens (primary N) is 2. The summed E-state index contributed by atoms with van der Waals surface area (Å²) in [6, 6.07) is 7.62. The van der Waals surface area contributed by atoms with Gasteiger partial charge in [-0.15, -0.1) is 0 Å². The standard InChI is InChI=1S/C22H28ClFN7O6PS/c1-11(2)35-19(33)12(3)30-38(39,37-13-7-5-4-6-8-13)34-9-14-16(32)22(23,24)20(36-14)31-10-27-15-17(25)28-21(26)29-18(15)31/h4-8,10-12,14,16,20,32H,9H2,1-3H3,(H,30,39)(H4,25,26,28,29)/t12-,14-,16-,20-,22-,38?/m1/s1. The van der Waals surface area contributed by atoms with Gasteiger partial charge in [-0.1, -0.05) is 29.8 Å². The lowest BCUT2D eigenvalue weighted by Gasteiger charge is -2.28. The first-order valence-corrected chi connectivity index (χ1v) is 14.8. The quantitative estimate of drug-likeness (QED) is 0.151. The first-order valence-electron chi connectivity index (χ1n) is 11.7. The maximum atomic E-state index is 15.7. The molecule has 3 aromatic rings. The maximum Gasteiger partial charge on any atom is 0.323 e. The van der Waals surface area contributed by atoms with Crippen molar-refractivity contribution in [2.45, 2.75) is 56.5 Å². The molecule has 1 aliphatic rings. The van der Waals surface area contributed by atoms with E-state index in [1.165, 1.54) is 13.3 Å². The third-order valence-corrected chi connectivity index (χ3v) is 8.44. The first-order chi connectivity index (χ1) is 18.3.